The Hall–Kier alpha value is -0.796. The van der Waals surface area contributed by atoms with Crippen molar-refractivity contribution in [3.8, 4) is 0 Å². The van der Waals surface area contributed by atoms with Crippen LogP contribution in [0.15, 0.2) is 35.5 Å². The van der Waals surface area contributed by atoms with Gasteiger partial charge in [0.25, 0.3) is 0 Å². The van der Waals surface area contributed by atoms with Gasteiger partial charge < -0.3 is 14.0 Å². The molecule has 52 heavy (non-hydrogen) atoms. The second-order valence-corrected chi connectivity index (χ2v) is 31.3. The maximum absolute atomic E-state index is 13.2. The Morgan fingerprint density at radius 2 is 1.44 bits per heavy atom. The molecule has 1 unspecified atom stereocenters. The van der Waals surface area contributed by atoms with Gasteiger partial charge in [-0.25, -0.2) is 0 Å². The van der Waals surface area contributed by atoms with Crippen molar-refractivity contribution >= 4 is 22.4 Å². The third-order valence-corrected chi connectivity index (χ3v) is 24.4. The van der Waals surface area contributed by atoms with Gasteiger partial charge in [0.2, 0.25) is 0 Å². The van der Waals surface area contributed by atoms with E-state index in [1.807, 2.05) is 6.08 Å². The number of allylic oxidation sites excluding steroid dienone is 4. The first-order valence-electron chi connectivity index (χ1n) is 21.5. The first-order chi connectivity index (χ1) is 23.9. The molecule has 4 aliphatic carbocycles. The quantitative estimate of drug-likeness (QED) is 0.103. The maximum atomic E-state index is 13.2. The summed E-state index contributed by atoms with van der Waals surface area (Å²) in [7, 11) is -3.83. The average molecular weight is 755 g/mol. The van der Waals surface area contributed by atoms with Gasteiger partial charge in [-0.2, -0.15) is 0 Å². The molecule has 0 aromatic rings. The molecule has 0 aromatic heterocycles. The molecule has 1 N–H and O–H groups in total. The largest absolute Gasteiger partial charge is 0.414 e. The van der Waals surface area contributed by atoms with Crippen molar-refractivity contribution in [1.29, 1.82) is 0 Å². The van der Waals surface area contributed by atoms with Crippen LogP contribution in [0.3, 0.4) is 0 Å². The SMILES string of the molecule is CCCCCCC(=O)C1(C(O)/C=C/C(C)(C)[C@H]2CC[C@H]3/C(=C/C=C4C[C@@H](O[Si](C)(C)C(C)(C)C)C[C@H](O[Si](C)(C)C(C)(C)C)C4)CCC[C@]23C)CC1. The zero-order valence-corrected chi connectivity index (χ0v) is 38.5. The van der Waals surface area contributed by atoms with Gasteiger partial charge in [0.05, 0.1) is 23.7 Å². The number of carbonyl (C=O) groups is 1. The lowest BCUT2D eigenvalue weighted by Gasteiger charge is -2.47. The zero-order chi connectivity index (χ0) is 39.0. The van der Waals surface area contributed by atoms with Crippen LogP contribution >= 0.6 is 0 Å². The van der Waals surface area contributed by atoms with Crippen LogP contribution in [0, 0.1) is 28.1 Å². The van der Waals surface area contributed by atoms with Gasteiger partial charge in [0.1, 0.15) is 5.78 Å². The number of ketones is 1. The number of fused-ring (bicyclic) bond motifs is 1. The third kappa shape index (κ3) is 9.95. The number of aliphatic hydroxyl groups excluding tert-OH is 1. The lowest BCUT2D eigenvalue weighted by molar-refractivity contribution is -0.127. The fourth-order valence-electron chi connectivity index (χ4n) is 9.79. The van der Waals surface area contributed by atoms with E-state index in [1.54, 1.807) is 5.57 Å². The van der Waals surface area contributed by atoms with E-state index in [4.69, 9.17) is 8.85 Å². The number of unbranched alkanes of at least 4 members (excludes halogenated alkanes) is 3. The number of hydrogen-bond acceptors (Lipinski definition) is 4. The normalized spacial score (nSPS) is 30.1. The molecule has 0 aliphatic heterocycles. The Balaban J connectivity index is 1.51. The highest BCUT2D eigenvalue weighted by Crippen LogP contribution is 2.62. The topological polar surface area (TPSA) is 55.8 Å². The van der Waals surface area contributed by atoms with E-state index in [0.29, 0.717) is 18.3 Å². The van der Waals surface area contributed by atoms with E-state index in [1.165, 1.54) is 50.5 Å². The molecule has 298 valence electrons. The highest BCUT2D eigenvalue weighted by atomic mass is 28.4. The van der Waals surface area contributed by atoms with Gasteiger partial charge in [-0.15, -0.1) is 0 Å². The van der Waals surface area contributed by atoms with Gasteiger partial charge in [0.15, 0.2) is 16.6 Å². The van der Waals surface area contributed by atoms with Crippen LogP contribution in [0.25, 0.3) is 0 Å². The van der Waals surface area contributed by atoms with Crippen LogP contribution in [-0.4, -0.2) is 45.8 Å². The molecule has 4 rings (SSSR count). The zero-order valence-electron chi connectivity index (χ0n) is 36.5. The summed E-state index contributed by atoms with van der Waals surface area (Å²) in [6.45, 7) is 33.2. The predicted molar refractivity (Wildman–Crippen MR) is 227 cm³/mol. The summed E-state index contributed by atoms with van der Waals surface area (Å²) in [4.78, 5) is 13.2. The number of hydrogen-bond donors (Lipinski definition) is 1. The molecule has 4 saturated carbocycles. The number of carbonyl (C=O) groups excluding carboxylic acids is 1. The molecule has 0 radical (unpaired) electrons. The summed E-state index contributed by atoms with van der Waals surface area (Å²) in [5, 5.41) is 11.7. The van der Waals surface area contributed by atoms with E-state index in [-0.39, 0.29) is 38.9 Å². The van der Waals surface area contributed by atoms with E-state index in [9.17, 15) is 9.90 Å². The molecule has 0 saturated heterocycles. The van der Waals surface area contributed by atoms with Crippen molar-refractivity contribution in [3.63, 3.8) is 0 Å². The van der Waals surface area contributed by atoms with Crippen molar-refractivity contribution in [2.75, 3.05) is 0 Å². The van der Waals surface area contributed by atoms with Gasteiger partial charge in [-0.3, -0.25) is 4.79 Å². The molecular weight excluding hydrogens is 673 g/mol. The van der Waals surface area contributed by atoms with Crippen molar-refractivity contribution < 1.29 is 18.8 Å². The number of aliphatic hydroxyl groups is 1. The van der Waals surface area contributed by atoms with Crippen molar-refractivity contribution in [2.24, 2.45) is 28.1 Å². The van der Waals surface area contributed by atoms with Gasteiger partial charge in [-0.05, 0) is 130 Å². The second-order valence-electron chi connectivity index (χ2n) is 21.8. The lowest BCUT2D eigenvalue weighted by atomic mass is 9.57. The molecule has 0 spiro atoms. The van der Waals surface area contributed by atoms with Crippen LogP contribution in [0.2, 0.25) is 36.3 Å². The fraction of sp³-hybridized carbons (Fsp3) is 0.848. The summed E-state index contributed by atoms with van der Waals surface area (Å²) in [6, 6.07) is 0. The highest BCUT2D eigenvalue weighted by Gasteiger charge is 2.55. The standard InChI is InChI=1S/C46H82O4Si2/c1-15-16-17-18-21-40(47)46(29-30-46)41(48)26-28-44(8,9)39-25-24-38-35(20-19-27-45(38,39)10)23-22-34-31-36(49-51(11,12)42(2,3)4)33-37(32-34)50-52(13,14)43(5,6)7/h22-23,26,28,36-39,41,48H,15-21,24-25,27,29-33H2,1-14H3/b28-26+,35-23+/t36-,37-,38+,39-,41?,45+/m1/s1. The third-order valence-electron chi connectivity index (χ3n) is 15.3. The summed E-state index contributed by atoms with van der Waals surface area (Å²) < 4.78 is 14.2. The Morgan fingerprint density at radius 3 is 1.96 bits per heavy atom. The molecule has 6 atom stereocenters. The van der Waals surface area contributed by atoms with Crippen LogP contribution in [0.5, 0.6) is 0 Å². The van der Waals surface area contributed by atoms with Crippen LogP contribution in [0.1, 0.15) is 166 Å². The second kappa shape index (κ2) is 16.4. The molecule has 0 bridgehead atoms. The molecule has 4 aliphatic rings. The minimum atomic E-state index is -1.92. The number of rotatable bonds is 15. The van der Waals surface area contributed by atoms with Gasteiger partial charge in [-0.1, -0.05) is 124 Å². The Bertz CT molecular complexity index is 1280. The van der Waals surface area contributed by atoms with Gasteiger partial charge in [0, 0.05) is 6.42 Å². The van der Waals surface area contributed by atoms with Crippen LogP contribution in [0.4, 0.5) is 0 Å². The molecule has 0 amide bonds. The molecule has 6 heteroatoms. The van der Waals surface area contributed by atoms with Crippen LogP contribution in [-0.2, 0) is 13.6 Å². The first-order valence-corrected chi connectivity index (χ1v) is 27.3. The Labute approximate surface area is 323 Å². The fourth-order valence-corrected chi connectivity index (χ4v) is 12.5. The van der Waals surface area contributed by atoms with Crippen LogP contribution < -0.4 is 0 Å². The molecule has 4 fully saturated rings. The van der Waals surface area contributed by atoms with E-state index >= 15 is 0 Å². The Morgan fingerprint density at radius 1 is 0.865 bits per heavy atom. The minimum Gasteiger partial charge on any atom is -0.414 e. The van der Waals surface area contributed by atoms with E-state index in [0.717, 1.165) is 44.9 Å². The molecule has 0 aromatic carbocycles. The Kier molecular flexibility index (Phi) is 13.8. The maximum Gasteiger partial charge on any atom is 0.192 e. The smallest absolute Gasteiger partial charge is 0.192 e. The lowest BCUT2D eigenvalue weighted by Crippen LogP contribution is -2.48. The van der Waals surface area contributed by atoms with Gasteiger partial charge >= 0.3 is 0 Å². The molecule has 4 nitrogen and oxygen atoms in total. The first kappa shape index (κ1) is 43.9. The average Bonchev–Trinajstić information content (AvgIpc) is 3.75. The highest BCUT2D eigenvalue weighted by molar-refractivity contribution is 6.74. The molecule has 0 heterocycles. The summed E-state index contributed by atoms with van der Waals surface area (Å²) in [5.41, 5.74) is 2.82. The summed E-state index contributed by atoms with van der Waals surface area (Å²) in [6.07, 6.45) is 25.1. The minimum absolute atomic E-state index is 0.0440. The summed E-state index contributed by atoms with van der Waals surface area (Å²) in [5.74, 6) is 1.43. The number of Topliss-reactive ketones (excluding diaryl/α,β-unsaturated/α-hetero) is 1. The van der Waals surface area contributed by atoms with E-state index in [2.05, 4.69) is 114 Å². The molecular formula is C46H82O4Si2. The van der Waals surface area contributed by atoms with Crippen molar-refractivity contribution in [3.05, 3.63) is 35.5 Å². The monoisotopic (exact) mass is 755 g/mol. The van der Waals surface area contributed by atoms with Crippen molar-refractivity contribution in [2.45, 2.75) is 220 Å². The van der Waals surface area contributed by atoms with E-state index < -0.39 is 28.2 Å². The predicted octanol–water partition coefficient (Wildman–Crippen LogP) is 13.3. The summed E-state index contributed by atoms with van der Waals surface area (Å²) >= 11 is 0. The van der Waals surface area contributed by atoms with Crippen molar-refractivity contribution in [1.82, 2.24) is 0 Å².